The van der Waals surface area contributed by atoms with Gasteiger partial charge in [-0.05, 0) is 40.5 Å². The van der Waals surface area contributed by atoms with Crippen LogP contribution in [0, 0.1) is 11.8 Å². The van der Waals surface area contributed by atoms with Gasteiger partial charge in [-0.1, -0.05) is 55.5 Å². The van der Waals surface area contributed by atoms with Crippen LogP contribution in [0.15, 0.2) is 48.5 Å². The van der Waals surface area contributed by atoms with Crippen molar-refractivity contribution < 1.29 is 14.3 Å². The van der Waals surface area contributed by atoms with E-state index >= 15 is 0 Å². The van der Waals surface area contributed by atoms with E-state index in [1.165, 1.54) is 22.3 Å². The Morgan fingerprint density at radius 3 is 2.33 bits per heavy atom. The van der Waals surface area contributed by atoms with Crippen LogP contribution >= 0.6 is 0 Å². The summed E-state index contributed by atoms with van der Waals surface area (Å²) in [6.07, 6.45) is 2.20. The highest BCUT2D eigenvalue weighted by molar-refractivity contribution is 5.79. The lowest BCUT2D eigenvalue weighted by molar-refractivity contribution is -0.109. The monoisotopic (exact) mass is 363 g/mol. The summed E-state index contributed by atoms with van der Waals surface area (Å²) in [7, 11) is 0. The first-order chi connectivity index (χ1) is 13.2. The number of carbonyl (C=O) groups excluding carboxylic acids is 2. The fraction of sp³-hybridized carbons (Fsp3) is 0.391. The molecule has 2 aromatic carbocycles. The van der Waals surface area contributed by atoms with Crippen molar-refractivity contribution in [2.45, 2.75) is 25.7 Å². The molecule has 1 fully saturated rings. The fourth-order valence-electron chi connectivity index (χ4n) is 4.52. The molecule has 0 spiro atoms. The number of fused-ring (bicyclic) bond motifs is 3. The van der Waals surface area contributed by atoms with E-state index in [0.717, 1.165) is 12.7 Å². The molecule has 2 aliphatic rings. The maximum absolute atomic E-state index is 12.6. The lowest BCUT2D eigenvalue weighted by Gasteiger charge is -2.35. The minimum absolute atomic E-state index is 0.0892. The molecule has 4 heteroatoms. The maximum atomic E-state index is 12.6. The summed E-state index contributed by atoms with van der Waals surface area (Å²) >= 11 is 0. The van der Waals surface area contributed by atoms with Crippen LogP contribution in [0.1, 0.15) is 36.8 Å². The molecule has 0 saturated carbocycles. The molecule has 0 aromatic heterocycles. The second-order valence-electron chi connectivity index (χ2n) is 7.68. The molecule has 1 saturated heterocycles. The molecule has 0 unspecified atom stereocenters. The van der Waals surface area contributed by atoms with Gasteiger partial charge in [-0.2, -0.15) is 0 Å². The average molecular weight is 363 g/mol. The summed E-state index contributed by atoms with van der Waals surface area (Å²) in [5.74, 6) is 0.788. The highest BCUT2D eigenvalue weighted by atomic mass is 16.6. The Balaban J connectivity index is 1.43. The number of nitrogens with zero attached hydrogens (tertiary/aromatic N) is 1. The van der Waals surface area contributed by atoms with Crippen molar-refractivity contribution in [2.24, 2.45) is 11.8 Å². The molecular formula is C23H25NO3. The first-order valence-electron chi connectivity index (χ1n) is 9.72. The summed E-state index contributed by atoms with van der Waals surface area (Å²) in [6, 6.07) is 16.7. The predicted octanol–water partition coefficient (Wildman–Crippen LogP) is 4.48. The summed E-state index contributed by atoms with van der Waals surface area (Å²) < 4.78 is 5.74. The van der Waals surface area contributed by atoms with Gasteiger partial charge in [-0.15, -0.1) is 0 Å². The van der Waals surface area contributed by atoms with Crippen molar-refractivity contribution in [2.75, 3.05) is 19.7 Å². The Bertz CT molecular complexity index is 802. The normalized spacial score (nSPS) is 21.4. The van der Waals surface area contributed by atoms with Crippen LogP contribution < -0.4 is 0 Å². The number of carbonyl (C=O) groups is 2. The highest BCUT2D eigenvalue weighted by Crippen LogP contribution is 2.44. The number of likely N-dealkylation sites (tertiary alicyclic amines) is 1. The molecule has 2 aromatic rings. The quantitative estimate of drug-likeness (QED) is 0.752. The van der Waals surface area contributed by atoms with Crippen molar-refractivity contribution in [3.05, 3.63) is 59.7 Å². The molecule has 1 aliphatic heterocycles. The lowest BCUT2D eigenvalue weighted by Crippen LogP contribution is -2.43. The molecular weight excluding hydrogens is 338 g/mol. The van der Waals surface area contributed by atoms with E-state index in [-0.39, 0.29) is 12.0 Å². The first kappa shape index (κ1) is 17.8. The number of hydrogen-bond acceptors (Lipinski definition) is 3. The van der Waals surface area contributed by atoms with Crippen LogP contribution in [0.3, 0.4) is 0 Å². The Kier molecular flexibility index (Phi) is 4.97. The van der Waals surface area contributed by atoms with Crippen molar-refractivity contribution in [1.29, 1.82) is 0 Å². The molecule has 1 amide bonds. The van der Waals surface area contributed by atoms with E-state index < -0.39 is 0 Å². The van der Waals surface area contributed by atoms with Crippen LogP contribution in [0.4, 0.5) is 4.79 Å². The number of rotatable bonds is 4. The van der Waals surface area contributed by atoms with Gasteiger partial charge in [0, 0.05) is 25.4 Å². The minimum atomic E-state index is -0.242. The molecule has 2 atom stereocenters. The summed E-state index contributed by atoms with van der Waals surface area (Å²) in [6.45, 7) is 3.79. The average Bonchev–Trinajstić information content (AvgIpc) is 3.02. The summed E-state index contributed by atoms with van der Waals surface area (Å²) in [5, 5.41) is 0. The smallest absolute Gasteiger partial charge is 0.409 e. The van der Waals surface area contributed by atoms with E-state index in [1.54, 1.807) is 4.90 Å². The van der Waals surface area contributed by atoms with Crippen molar-refractivity contribution in [1.82, 2.24) is 4.90 Å². The third-order valence-corrected chi connectivity index (χ3v) is 6.08. The van der Waals surface area contributed by atoms with Gasteiger partial charge in [0.15, 0.2) is 0 Å². The van der Waals surface area contributed by atoms with E-state index in [4.69, 9.17) is 4.74 Å². The van der Waals surface area contributed by atoms with Gasteiger partial charge in [-0.25, -0.2) is 4.79 Å². The third-order valence-electron chi connectivity index (χ3n) is 6.08. The van der Waals surface area contributed by atoms with Crippen molar-refractivity contribution >= 4 is 12.4 Å². The zero-order valence-corrected chi connectivity index (χ0v) is 15.6. The third kappa shape index (κ3) is 3.36. The SMILES string of the molecule is C[C@@H]1CN(C(=O)OCC2c3ccccc3-c3ccccc32)CC[C@H]1CC=O. The summed E-state index contributed by atoms with van der Waals surface area (Å²) in [5.41, 5.74) is 4.92. The van der Waals surface area contributed by atoms with Crippen LogP contribution in [-0.2, 0) is 9.53 Å². The standard InChI is InChI=1S/C23H25NO3/c1-16-14-24(12-10-17(16)11-13-25)23(26)27-15-22-20-8-4-2-6-18(20)19-7-3-5-9-21(19)22/h2-9,13,16-17,22H,10-12,14-15H2,1H3/t16-,17+/m1/s1. The number of hydrogen-bond donors (Lipinski definition) is 0. The lowest BCUT2D eigenvalue weighted by atomic mass is 9.85. The van der Waals surface area contributed by atoms with Gasteiger partial charge in [0.1, 0.15) is 12.9 Å². The largest absolute Gasteiger partial charge is 0.448 e. The molecule has 140 valence electrons. The zero-order valence-electron chi connectivity index (χ0n) is 15.6. The minimum Gasteiger partial charge on any atom is -0.448 e. The van der Waals surface area contributed by atoms with E-state index in [9.17, 15) is 9.59 Å². The molecule has 0 radical (unpaired) electrons. The molecule has 1 aliphatic carbocycles. The Morgan fingerprint density at radius 2 is 1.74 bits per heavy atom. The Morgan fingerprint density at radius 1 is 1.11 bits per heavy atom. The highest BCUT2D eigenvalue weighted by Gasteiger charge is 2.32. The van der Waals surface area contributed by atoms with Crippen LogP contribution in [0.2, 0.25) is 0 Å². The Labute approximate surface area is 160 Å². The van der Waals surface area contributed by atoms with Gasteiger partial charge >= 0.3 is 6.09 Å². The van der Waals surface area contributed by atoms with Crippen molar-refractivity contribution in [3.63, 3.8) is 0 Å². The molecule has 0 bridgehead atoms. The van der Waals surface area contributed by atoms with E-state index in [0.29, 0.717) is 38.0 Å². The number of ether oxygens (including phenoxy) is 1. The van der Waals surface area contributed by atoms with Gasteiger partial charge in [0.25, 0.3) is 0 Å². The van der Waals surface area contributed by atoms with Gasteiger partial charge in [0.2, 0.25) is 0 Å². The predicted molar refractivity (Wildman–Crippen MR) is 105 cm³/mol. The molecule has 1 heterocycles. The van der Waals surface area contributed by atoms with Gasteiger partial charge in [0.05, 0.1) is 0 Å². The number of benzene rings is 2. The number of aldehydes is 1. The number of piperidine rings is 1. The van der Waals surface area contributed by atoms with E-state index in [1.807, 2.05) is 12.1 Å². The van der Waals surface area contributed by atoms with E-state index in [2.05, 4.69) is 43.3 Å². The van der Waals surface area contributed by atoms with Gasteiger partial charge in [-0.3, -0.25) is 0 Å². The first-order valence-corrected chi connectivity index (χ1v) is 9.72. The Hall–Kier alpha value is -2.62. The topological polar surface area (TPSA) is 46.6 Å². The summed E-state index contributed by atoms with van der Waals surface area (Å²) in [4.78, 5) is 25.2. The second-order valence-corrected chi connectivity index (χ2v) is 7.68. The molecule has 27 heavy (non-hydrogen) atoms. The van der Waals surface area contributed by atoms with Gasteiger partial charge < -0.3 is 14.4 Å². The van der Waals surface area contributed by atoms with Crippen LogP contribution in [-0.4, -0.2) is 37.0 Å². The number of amides is 1. The molecule has 0 N–H and O–H groups in total. The maximum Gasteiger partial charge on any atom is 0.409 e. The van der Waals surface area contributed by atoms with Crippen LogP contribution in [0.25, 0.3) is 11.1 Å². The van der Waals surface area contributed by atoms with Crippen molar-refractivity contribution in [3.8, 4) is 11.1 Å². The zero-order chi connectivity index (χ0) is 18.8. The molecule has 4 nitrogen and oxygen atoms in total. The molecule has 4 rings (SSSR count). The van der Waals surface area contributed by atoms with Crippen LogP contribution in [0.5, 0.6) is 0 Å². The second kappa shape index (κ2) is 7.55. The fourth-order valence-corrected chi connectivity index (χ4v) is 4.52.